The summed E-state index contributed by atoms with van der Waals surface area (Å²) >= 11 is 0. The maximum absolute atomic E-state index is 11.9. The molecule has 0 radical (unpaired) electrons. The van der Waals surface area contributed by atoms with Crippen molar-refractivity contribution in [2.45, 2.75) is 52.1 Å². The van der Waals surface area contributed by atoms with E-state index in [9.17, 15) is 9.59 Å². The molecule has 126 valence electrons. The van der Waals surface area contributed by atoms with Gasteiger partial charge in [0.1, 0.15) is 11.4 Å². The molecule has 0 saturated heterocycles. The van der Waals surface area contributed by atoms with Crippen molar-refractivity contribution in [1.29, 1.82) is 0 Å². The number of nitrogens with zero attached hydrogens (tertiary/aromatic N) is 1. The number of rotatable bonds is 5. The molecule has 0 unspecified atom stereocenters. The fourth-order valence-corrected chi connectivity index (χ4v) is 2.79. The van der Waals surface area contributed by atoms with Gasteiger partial charge in [0, 0.05) is 13.3 Å². The van der Waals surface area contributed by atoms with Gasteiger partial charge in [-0.05, 0) is 50.8 Å². The maximum atomic E-state index is 11.9. The van der Waals surface area contributed by atoms with E-state index in [0.717, 1.165) is 36.3 Å². The van der Waals surface area contributed by atoms with Gasteiger partial charge in [0.15, 0.2) is 0 Å². The summed E-state index contributed by atoms with van der Waals surface area (Å²) in [5, 5.41) is 0. The van der Waals surface area contributed by atoms with Gasteiger partial charge in [0.25, 0.3) is 0 Å². The minimum absolute atomic E-state index is 0.0190. The maximum Gasteiger partial charge on any atom is 0.305 e. The standard InChI is InChI=1S/C18H25NO4/c1-13(20)19-12-18(2,3)23-16-10-9-14(11-15(16)19)7-5-6-8-17(21)22-4/h9-11H,5-8,12H2,1-4H3. The van der Waals surface area contributed by atoms with Gasteiger partial charge in [-0.1, -0.05) is 6.07 Å². The highest BCUT2D eigenvalue weighted by Crippen LogP contribution is 2.37. The molecule has 0 fully saturated rings. The van der Waals surface area contributed by atoms with Crippen molar-refractivity contribution in [2.24, 2.45) is 0 Å². The Kier molecular flexibility index (Phi) is 5.29. The Bertz CT molecular complexity index is 595. The number of ether oxygens (including phenoxy) is 2. The molecular formula is C18H25NO4. The third-order valence-electron chi connectivity index (χ3n) is 3.94. The van der Waals surface area contributed by atoms with Crippen molar-refractivity contribution in [2.75, 3.05) is 18.6 Å². The predicted molar refractivity (Wildman–Crippen MR) is 88.7 cm³/mol. The van der Waals surface area contributed by atoms with Gasteiger partial charge >= 0.3 is 5.97 Å². The lowest BCUT2D eigenvalue weighted by Gasteiger charge is -2.39. The van der Waals surface area contributed by atoms with Gasteiger partial charge in [-0.2, -0.15) is 0 Å². The average molecular weight is 319 g/mol. The number of fused-ring (bicyclic) bond motifs is 1. The Balaban J connectivity index is 2.07. The van der Waals surface area contributed by atoms with E-state index < -0.39 is 0 Å². The van der Waals surface area contributed by atoms with Crippen LogP contribution in [0, 0.1) is 0 Å². The number of methoxy groups -OCH3 is 1. The summed E-state index contributed by atoms with van der Waals surface area (Å²) < 4.78 is 10.6. The van der Waals surface area contributed by atoms with Crippen molar-refractivity contribution >= 4 is 17.6 Å². The number of unbranched alkanes of at least 4 members (excludes halogenated alkanes) is 1. The fourth-order valence-electron chi connectivity index (χ4n) is 2.79. The molecule has 1 aliphatic heterocycles. The van der Waals surface area contributed by atoms with Crippen LogP contribution in [0.4, 0.5) is 5.69 Å². The summed E-state index contributed by atoms with van der Waals surface area (Å²) in [5.74, 6) is 0.592. The van der Waals surface area contributed by atoms with E-state index in [1.54, 1.807) is 11.8 Å². The summed E-state index contributed by atoms with van der Waals surface area (Å²) in [6.45, 7) is 6.08. The molecule has 0 aromatic heterocycles. The lowest BCUT2D eigenvalue weighted by Crippen LogP contribution is -2.48. The van der Waals surface area contributed by atoms with Crippen LogP contribution in [-0.4, -0.2) is 31.1 Å². The number of carbonyl (C=O) groups excluding carboxylic acids is 2. The van der Waals surface area contributed by atoms with Gasteiger partial charge in [-0.3, -0.25) is 9.59 Å². The van der Waals surface area contributed by atoms with E-state index in [4.69, 9.17) is 4.74 Å². The summed E-state index contributed by atoms with van der Waals surface area (Å²) in [5.41, 5.74) is 1.59. The first-order valence-corrected chi connectivity index (χ1v) is 7.99. The van der Waals surface area contributed by atoms with Crippen molar-refractivity contribution < 1.29 is 19.1 Å². The Labute approximate surface area is 137 Å². The van der Waals surface area contributed by atoms with Crippen LogP contribution >= 0.6 is 0 Å². The molecule has 23 heavy (non-hydrogen) atoms. The summed E-state index contributed by atoms with van der Waals surface area (Å²) in [4.78, 5) is 24.8. The average Bonchev–Trinajstić information content (AvgIpc) is 2.49. The molecule has 1 amide bonds. The zero-order chi connectivity index (χ0) is 17.0. The fraction of sp³-hybridized carbons (Fsp3) is 0.556. The molecule has 5 heteroatoms. The van der Waals surface area contributed by atoms with Gasteiger partial charge < -0.3 is 14.4 Å². The highest BCUT2D eigenvalue weighted by molar-refractivity contribution is 5.94. The molecule has 1 aliphatic rings. The van der Waals surface area contributed by atoms with Crippen LogP contribution in [0.5, 0.6) is 5.75 Å². The molecule has 1 aromatic rings. The number of aryl methyl sites for hydroxylation is 1. The molecular weight excluding hydrogens is 294 g/mol. The Morgan fingerprint density at radius 3 is 2.70 bits per heavy atom. The quantitative estimate of drug-likeness (QED) is 0.618. The molecule has 2 rings (SSSR count). The topological polar surface area (TPSA) is 55.8 Å². The van der Waals surface area contributed by atoms with E-state index in [0.29, 0.717) is 13.0 Å². The lowest BCUT2D eigenvalue weighted by molar-refractivity contribution is -0.140. The lowest BCUT2D eigenvalue weighted by atomic mass is 10.0. The minimum atomic E-state index is -0.388. The van der Waals surface area contributed by atoms with Crippen LogP contribution in [0.2, 0.25) is 0 Å². The Morgan fingerprint density at radius 1 is 1.30 bits per heavy atom. The van der Waals surface area contributed by atoms with Crippen molar-refractivity contribution in [3.8, 4) is 5.75 Å². The molecule has 1 aromatic carbocycles. The number of carbonyl (C=O) groups is 2. The highest BCUT2D eigenvalue weighted by atomic mass is 16.5. The number of hydrogen-bond acceptors (Lipinski definition) is 4. The van der Waals surface area contributed by atoms with Crippen LogP contribution in [-0.2, 0) is 20.7 Å². The zero-order valence-corrected chi connectivity index (χ0v) is 14.3. The van der Waals surface area contributed by atoms with Crippen molar-refractivity contribution in [1.82, 2.24) is 0 Å². The molecule has 1 heterocycles. The first-order chi connectivity index (χ1) is 10.8. The first kappa shape index (κ1) is 17.3. The van der Waals surface area contributed by atoms with Crippen molar-refractivity contribution in [3.05, 3.63) is 23.8 Å². The second-order valence-electron chi connectivity index (χ2n) is 6.55. The third-order valence-corrected chi connectivity index (χ3v) is 3.94. The first-order valence-electron chi connectivity index (χ1n) is 7.99. The number of amides is 1. The van der Waals surface area contributed by atoms with E-state index in [1.165, 1.54) is 7.11 Å². The molecule has 0 bridgehead atoms. The molecule has 0 spiro atoms. The van der Waals surface area contributed by atoms with Gasteiger partial charge in [-0.15, -0.1) is 0 Å². The zero-order valence-electron chi connectivity index (χ0n) is 14.3. The summed E-state index contributed by atoms with van der Waals surface area (Å²) in [6.07, 6.45) is 3.00. The smallest absolute Gasteiger partial charge is 0.305 e. The number of hydrogen-bond donors (Lipinski definition) is 0. The molecule has 5 nitrogen and oxygen atoms in total. The van der Waals surface area contributed by atoms with Crippen LogP contribution in [0.25, 0.3) is 0 Å². The predicted octanol–water partition coefficient (Wildman–Crippen LogP) is 3.10. The number of benzene rings is 1. The second-order valence-corrected chi connectivity index (χ2v) is 6.55. The third kappa shape index (κ3) is 4.47. The van der Waals surface area contributed by atoms with Crippen LogP contribution in [0.15, 0.2) is 18.2 Å². The Hall–Kier alpha value is -2.04. The van der Waals surface area contributed by atoms with E-state index in [1.807, 2.05) is 32.0 Å². The molecule has 0 atom stereocenters. The second kappa shape index (κ2) is 7.02. The summed E-state index contributed by atoms with van der Waals surface area (Å²) in [7, 11) is 1.41. The molecule has 0 saturated carbocycles. The normalized spacial score (nSPS) is 15.6. The molecule has 0 aliphatic carbocycles. The Morgan fingerprint density at radius 2 is 2.04 bits per heavy atom. The number of esters is 1. The molecule has 0 N–H and O–H groups in total. The highest BCUT2D eigenvalue weighted by Gasteiger charge is 2.33. The van der Waals surface area contributed by atoms with Crippen LogP contribution in [0.3, 0.4) is 0 Å². The monoisotopic (exact) mass is 319 g/mol. The number of anilines is 1. The minimum Gasteiger partial charge on any atom is -0.484 e. The van der Waals surface area contributed by atoms with Gasteiger partial charge in [-0.25, -0.2) is 0 Å². The van der Waals surface area contributed by atoms with E-state index >= 15 is 0 Å². The van der Waals surface area contributed by atoms with E-state index in [2.05, 4.69) is 4.74 Å². The van der Waals surface area contributed by atoms with Gasteiger partial charge in [0.05, 0.1) is 19.3 Å². The van der Waals surface area contributed by atoms with Crippen molar-refractivity contribution in [3.63, 3.8) is 0 Å². The summed E-state index contributed by atoms with van der Waals surface area (Å²) in [6, 6.07) is 5.97. The van der Waals surface area contributed by atoms with Crippen LogP contribution in [0.1, 0.15) is 45.6 Å². The SMILES string of the molecule is COC(=O)CCCCc1ccc2c(c1)N(C(C)=O)CC(C)(C)O2. The largest absolute Gasteiger partial charge is 0.484 e. The van der Waals surface area contributed by atoms with Gasteiger partial charge in [0.2, 0.25) is 5.91 Å². The van der Waals surface area contributed by atoms with Crippen LogP contribution < -0.4 is 9.64 Å². The van der Waals surface area contributed by atoms with E-state index in [-0.39, 0.29) is 17.5 Å².